The smallest absolute Gasteiger partial charge is 0.251 e. The number of hydrogen-bond acceptors (Lipinski definition) is 9. The molecular formula is C26H31N9O2. The molecule has 3 aromatic rings. The molecule has 0 aliphatic carbocycles. The van der Waals surface area contributed by atoms with Crippen molar-refractivity contribution in [1.82, 2.24) is 29.5 Å². The third kappa shape index (κ3) is 5.26. The van der Waals surface area contributed by atoms with Crippen LogP contribution in [0, 0.1) is 16.7 Å². The molecule has 2 aliphatic rings. The number of likely N-dealkylation sites (tertiary alicyclic amines) is 2. The third-order valence-corrected chi connectivity index (χ3v) is 7.28. The number of nitrogens with zero attached hydrogens (tertiary/aromatic N) is 7. The number of nitrogen functional groups attached to an aromatic ring is 1. The average molecular weight is 502 g/mol. The number of ether oxygens (including phenoxy) is 1. The normalized spacial score (nSPS) is 19.9. The van der Waals surface area contributed by atoms with E-state index in [1.165, 1.54) is 55.7 Å². The number of anilines is 1. The van der Waals surface area contributed by atoms with Gasteiger partial charge in [0.1, 0.15) is 11.8 Å². The van der Waals surface area contributed by atoms with E-state index in [-0.39, 0.29) is 17.2 Å². The van der Waals surface area contributed by atoms with Crippen LogP contribution in [-0.4, -0.2) is 81.8 Å². The predicted octanol–water partition coefficient (Wildman–Crippen LogP) is 1.68. The number of benzene rings is 1. The molecule has 37 heavy (non-hydrogen) atoms. The van der Waals surface area contributed by atoms with Gasteiger partial charge in [-0.1, -0.05) is 0 Å². The molecule has 1 unspecified atom stereocenters. The highest BCUT2D eigenvalue weighted by Crippen LogP contribution is 2.38. The van der Waals surface area contributed by atoms with Gasteiger partial charge in [-0.2, -0.15) is 10.4 Å². The van der Waals surface area contributed by atoms with Crippen molar-refractivity contribution in [2.45, 2.75) is 19.3 Å². The summed E-state index contributed by atoms with van der Waals surface area (Å²) in [5, 5.41) is 13.8. The first-order valence-electron chi connectivity index (χ1n) is 12.4. The summed E-state index contributed by atoms with van der Waals surface area (Å²) in [7, 11) is 2.21. The fourth-order valence-corrected chi connectivity index (χ4v) is 5.35. The highest BCUT2D eigenvalue weighted by atomic mass is 16.5. The van der Waals surface area contributed by atoms with Gasteiger partial charge in [0.25, 0.3) is 5.91 Å². The number of hydrogen-bond donors (Lipinski definition) is 2. The summed E-state index contributed by atoms with van der Waals surface area (Å²) in [6.07, 6.45) is 7.79. The highest BCUT2D eigenvalue weighted by Gasteiger charge is 2.41. The summed E-state index contributed by atoms with van der Waals surface area (Å²) < 4.78 is 7.33. The molecule has 1 spiro atoms. The maximum Gasteiger partial charge on any atom is 0.251 e. The average Bonchev–Trinajstić information content (AvgIpc) is 3.63. The topological polar surface area (TPSA) is 152 Å². The molecular weight excluding hydrogens is 470 g/mol. The molecule has 4 heterocycles. The molecule has 1 atom stereocenters. The summed E-state index contributed by atoms with van der Waals surface area (Å²) in [6, 6.07) is 7.55. The molecule has 2 aliphatic heterocycles. The first kappa shape index (κ1) is 24.7. The van der Waals surface area contributed by atoms with Crippen LogP contribution in [-0.2, 0) is 0 Å². The zero-order chi connectivity index (χ0) is 26.0. The predicted molar refractivity (Wildman–Crippen MR) is 138 cm³/mol. The van der Waals surface area contributed by atoms with Gasteiger partial charge in [-0.05, 0) is 63.0 Å². The van der Waals surface area contributed by atoms with E-state index in [1.54, 1.807) is 12.1 Å². The maximum atomic E-state index is 11.4. The fourth-order valence-electron chi connectivity index (χ4n) is 5.35. The number of carbonyl (C=O) groups is 1. The first-order valence-corrected chi connectivity index (χ1v) is 12.4. The first-order chi connectivity index (χ1) is 17.9. The van der Waals surface area contributed by atoms with Crippen LogP contribution in [0.1, 0.15) is 35.2 Å². The zero-order valence-corrected chi connectivity index (χ0v) is 20.9. The van der Waals surface area contributed by atoms with Gasteiger partial charge in [-0.15, -0.1) is 0 Å². The van der Waals surface area contributed by atoms with Crippen LogP contribution < -0.4 is 16.2 Å². The van der Waals surface area contributed by atoms with Gasteiger partial charge < -0.3 is 26.0 Å². The van der Waals surface area contributed by atoms with Crippen molar-refractivity contribution in [2.24, 2.45) is 11.1 Å². The number of aromatic nitrogens is 4. The van der Waals surface area contributed by atoms with Crippen LogP contribution >= 0.6 is 0 Å². The molecule has 2 aromatic heterocycles. The van der Waals surface area contributed by atoms with Gasteiger partial charge in [0.15, 0.2) is 11.6 Å². The Morgan fingerprint density at radius 3 is 2.81 bits per heavy atom. The van der Waals surface area contributed by atoms with E-state index in [0.29, 0.717) is 34.6 Å². The molecule has 0 saturated carbocycles. The van der Waals surface area contributed by atoms with Crippen LogP contribution in [0.25, 0.3) is 17.1 Å². The minimum atomic E-state index is -0.603. The molecule has 1 amide bonds. The molecule has 0 radical (unpaired) electrons. The lowest BCUT2D eigenvalue weighted by Gasteiger charge is -2.23. The van der Waals surface area contributed by atoms with E-state index >= 15 is 0 Å². The Morgan fingerprint density at radius 1 is 1.24 bits per heavy atom. The number of nitrogens with two attached hydrogens (primary N) is 2. The molecule has 4 N–H and O–H groups in total. The zero-order valence-electron chi connectivity index (χ0n) is 20.9. The van der Waals surface area contributed by atoms with Crippen LogP contribution in [0.15, 0.2) is 36.8 Å². The Hall–Kier alpha value is -4.01. The Labute approximate surface area is 215 Å². The molecule has 0 bridgehead atoms. The second-order valence-electron chi connectivity index (χ2n) is 10.0. The fraction of sp³-hybridized carbons (Fsp3) is 0.423. The van der Waals surface area contributed by atoms with Gasteiger partial charge >= 0.3 is 0 Å². The molecule has 11 nitrogen and oxygen atoms in total. The molecule has 2 fully saturated rings. The lowest BCUT2D eigenvalue weighted by molar-refractivity contribution is 0.1000. The van der Waals surface area contributed by atoms with Crippen molar-refractivity contribution in [3.8, 4) is 28.9 Å². The lowest BCUT2D eigenvalue weighted by atomic mass is 9.86. The van der Waals surface area contributed by atoms with E-state index in [9.17, 15) is 10.1 Å². The van der Waals surface area contributed by atoms with Gasteiger partial charge in [-0.3, -0.25) is 4.79 Å². The maximum absolute atomic E-state index is 11.4. The van der Waals surface area contributed by atoms with E-state index in [2.05, 4.69) is 38.0 Å². The molecule has 1 aromatic carbocycles. The Kier molecular flexibility index (Phi) is 6.78. The second kappa shape index (κ2) is 10.2. The minimum Gasteiger partial charge on any atom is -0.492 e. The van der Waals surface area contributed by atoms with E-state index in [0.717, 1.165) is 19.5 Å². The second-order valence-corrected chi connectivity index (χ2v) is 10.0. The van der Waals surface area contributed by atoms with Crippen molar-refractivity contribution in [3.63, 3.8) is 0 Å². The van der Waals surface area contributed by atoms with Crippen molar-refractivity contribution in [1.29, 1.82) is 5.26 Å². The SMILES string of the molecule is CN1CCC2(CCN(CCCOc3ccc(-c4cnc(N)c(-n5cc(C(N)=O)cn5)n4)cc3C#N)C2)C1. The van der Waals surface area contributed by atoms with E-state index in [1.807, 2.05) is 6.07 Å². The summed E-state index contributed by atoms with van der Waals surface area (Å²) in [5.41, 5.74) is 13.6. The number of nitriles is 1. The van der Waals surface area contributed by atoms with Crippen LogP contribution in [0.5, 0.6) is 5.75 Å². The van der Waals surface area contributed by atoms with Crippen molar-refractivity contribution < 1.29 is 9.53 Å². The quantitative estimate of drug-likeness (QED) is 0.439. The number of primary amides is 1. The number of carbonyl (C=O) groups excluding carboxylic acids is 1. The molecule has 5 rings (SSSR count). The van der Waals surface area contributed by atoms with E-state index < -0.39 is 5.91 Å². The van der Waals surface area contributed by atoms with Crippen molar-refractivity contribution in [3.05, 3.63) is 47.9 Å². The monoisotopic (exact) mass is 501 g/mol. The van der Waals surface area contributed by atoms with E-state index in [4.69, 9.17) is 16.2 Å². The molecule has 11 heteroatoms. The number of rotatable bonds is 8. The van der Waals surface area contributed by atoms with Gasteiger partial charge in [0.2, 0.25) is 0 Å². The summed E-state index contributed by atoms with van der Waals surface area (Å²) >= 11 is 0. The van der Waals surface area contributed by atoms with Crippen LogP contribution in [0.4, 0.5) is 5.82 Å². The van der Waals surface area contributed by atoms with Gasteiger partial charge in [-0.25, -0.2) is 14.6 Å². The summed E-state index contributed by atoms with van der Waals surface area (Å²) in [6.45, 7) is 6.27. The summed E-state index contributed by atoms with van der Waals surface area (Å²) in [5.74, 6) is 0.349. The Balaban J connectivity index is 1.22. The van der Waals surface area contributed by atoms with Gasteiger partial charge in [0, 0.05) is 31.4 Å². The molecule has 192 valence electrons. The minimum absolute atomic E-state index is 0.146. The third-order valence-electron chi connectivity index (χ3n) is 7.28. The molecule has 2 saturated heterocycles. The standard InChI is InChI=1S/C26H31N9O2/c1-33-8-5-26(16-33)6-9-34(17-26)7-2-10-37-22-4-3-18(11-19(22)12-27)21-14-30-23(28)25(32-21)35-15-20(13-31-35)24(29)36/h3-4,11,13-15H,2,5-10,16-17H2,1H3,(H2,28,30)(H2,29,36). The lowest BCUT2D eigenvalue weighted by Crippen LogP contribution is -2.30. The van der Waals surface area contributed by atoms with Crippen molar-refractivity contribution in [2.75, 3.05) is 52.1 Å². The number of amides is 1. The van der Waals surface area contributed by atoms with Crippen molar-refractivity contribution >= 4 is 11.7 Å². The highest BCUT2D eigenvalue weighted by molar-refractivity contribution is 5.92. The van der Waals surface area contributed by atoms with Crippen LogP contribution in [0.3, 0.4) is 0 Å². The van der Waals surface area contributed by atoms with Crippen LogP contribution in [0.2, 0.25) is 0 Å². The Morgan fingerprint density at radius 2 is 2.08 bits per heavy atom. The largest absolute Gasteiger partial charge is 0.492 e. The Bertz CT molecular complexity index is 1350. The summed E-state index contributed by atoms with van der Waals surface area (Å²) in [4.78, 5) is 25.1. The van der Waals surface area contributed by atoms with Gasteiger partial charge in [0.05, 0.1) is 35.8 Å².